The smallest absolute Gasteiger partial charge is 0.244 e. The lowest BCUT2D eigenvalue weighted by molar-refractivity contribution is -0.134. The summed E-state index contributed by atoms with van der Waals surface area (Å²) >= 11 is 0. The molecule has 3 nitrogen and oxygen atoms in total. The van der Waals surface area contributed by atoms with E-state index in [4.69, 9.17) is 0 Å². The summed E-state index contributed by atoms with van der Waals surface area (Å²) < 4.78 is 0. The van der Waals surface area contributed by atoms with Crippen molar-refractivity contribution >= 4 is 5.91 Å². The number of rotatable bonds is 5. The zero-order valence-electron chi connectivity index (χ0n) is 11.2. The molecule has 1 amide bonds. The molecule has 0 fully saturated rings. The van der Waals surface area contributed by atoms with Crippen molar-refractivity contribution in [2.45, 2.75) is 19.9 Å². The fourth-order valence-electron chi connectivity index (χ4n) is 1.98. The summed E-state index contributed by atoms with van der Waals surface area (Å²) in [5.74, 6) is 0.139. The molecule has 0 radical (unpaired) electrons. The molecular weight excluding hydrogens is 212 g/mol. The van der Waals surface area contributed by atoms with E-state index in [1.165, 1.54) is 0 Å². The Balaban J connectivity index is 3.06. The third kappa shape index (κ3) is 3.30. The zero-order chi connectivity index (χ0) is 12.8. The highest BCUT2D eigenvalue weighted by Crippen LogP contribution is 2.21. The van der Waals surface area contributed by atoms with Crippen molar-refractivity contribution in [3.63, 3.8) is 0 Å². The molecule has 94 valence electrons. The summed E-state index contributed by atoms with van der Waals surface area (Å²) in [6.45, 7) is 5.91. The summed E-state index contributed by atoms with van der Waals surface area (Å²) in [5, 5.41) is 0. The number of carbonyl (C=O) groups excluding carboxylic acids is 1. The van der Waals surface area contributed by atoms with Gasteiger partial charge < -0.3 is 4.90 Å². The van der Waals surface area contributed by atoms with Crippen molar-refractivity contribution < 1.29 is 4.79 Å². The molecule has 1 aromatic rings. The maximum absolute atomic E-state index is 12.3. The van der Waals surface area contributed by atoms with Crippen molar-refractivity contribution in [1.82, 2.24) is 9.80 Å². The number of benzene rings is 1. The Morgan fingerprint density at radius 3 is 2.06 bits per heavy atom. The second-order valence-electron chi connectivity index (χ2n) is 4.27. The first-order chi connectivity index (χ1) is 8.11. The molecule has 1 unspecified atom stereocenters. The standard InChI is InChI=1S/C14H22N2O/c1-5-16(6-2)13(14(17)15(3)4)12-10-8-7-9-11-12/h7-11,13H,5-6H2,1-4H3. The van der Waals surface area contributed by atoms with Gasteiger partial charge in [-0.2, -0.15) is 0 Å². The summed E-state index contributed by atoms with van der Waals surface area (Å²) in [5.41, 5.74) is 1.06. The second kappa shape index (κ2) is 6.40. The van der Waals surface area contributed by atoms with E-state index in [2.05, 4.69) is 18.7 Å². The van der Waals surface area contributed by atoms with Gasteiger partial charge in [0.25, 0.3) is 0 Å². The monoisotopic (exact) mass is 234 g/mol. The van der Waals surface area contributed by atoms with Crippen molar-refractivity contribution in [1.29, 1.82) is 0 Å². The van der Waals surface area contributed by atoms with Crippen molar-refractivity contribution in [3.8, 4) is 0 Å². The highest BCUT2D eigenvalue weighted by atomic mass is 16.2. The molecule has 0 saturated carbocycles. The molecule has 1 atom stereocenters. The quantitative estimate of drug-likeness (QED) is 0.779. The number of nitrogens with zero attached hydrogens (tertiary/aromatic N) is 2. The Morgan fingerprint density at radius 2 is 1.65 bits per heavy atom. The molecule has 1 aromatic carbocycles. The van der Waals surface area contributed by atoms with E-state index in [-0.39, 0.29) is 11.9 Å². The van der Waals surface area contributed by atoms with Crippen LogP contribution in [0.3, 0.4) is 0 Å². The molecule has 0 spiro atoms. The minimum Gasteiger partial charge on any atom is -0.347 e. The van der Waals surface area contributed by atoms with Gasteiger partial charge in [-0.15, -0.1) is 0 Å². The Kier molecular flexibility index (Phi) is 5.16. The van der Waals surface area contributed by atoms with Crippen LogP contribution in [-0.2, 0) is 4.79 Å². The average Bonchev–Trinajstić information content (AvgIpc) is 2.36. The largest absolute Gasteiger partial charge is 0.347 e. The van der Waals surface area contributed by atoms with Crippen molar-refractivity contribution in [2.24, 2.45) is 0 Å². The van der Waals surface area contributed by atoms with Gasteiger partial charge in [-0.05, 0) is 18.7 Å². The van der Waals surface area contributed by atoms with Gasteiger partial charge in [-0.1, -0.05) is 44.2 Å². The molecule has 3 heteroatoms. The Morgan fingerprint density at radius 1 is 1.12 bits per heavy atom. The van der Waals surface area contributed by atoms with Gasteiger partial charge in [0.15, 0.2) is 0 Å². The van der Waals surface area contributed by atoms with Gasteiger partial charge in [0.1, 0.15) is 6.04 Å². The molecule has 0 aliphatic heterocycles. The molecule has 0 N–H and O–H groups in total. The molecule has 0 aromatic heterocycles. The first-order valence-electron chi connectivity index (χ1n) is 6.12. The van der Waals surface area contributed by atoms with Crippen LogP contribution in [0.15, 0.2) is 30.3 Å². The van der Waals surface area contributed by atoms with Crippen LogP contribution in [0.1, 0.15) is 25.5 Å². The Bertz CT molecular complexity index is 344. The predicted octanol–water partition coefficient (Wildman–Crippen LogP) is 2.16. The van der Waals surface area contributed by atoms with Crippen LogP contribution in [0.5, 0.6) is 0 Å². The van der Waals surface area contributed by atoms with E-state index >= 15 is 0 Å². The number of likely N-dealkylation sites (N-methyl/N-ethyl adjacent to an activating group) is 2. The van der Waals surface area contributed by atoms with Gasteiger partial charge in [0.05, 0.1) is 0 Å². The average molecular weight is 234 g/mol. The van der Waals surface area contributed by atoms with Crippen LogP contribution in [0.25, 0.3) is 0 Å². The topological polar surface area (TPSA) is 23.6 Å². The fraction of sp³-hybridized carbons (Fsp3) is 0.500. The van der Waals surface area contributed by atoms with E-state index in [1.807, 2.05) is 44.4 Å². The lowest BCUT2D eigenvalue weighted by Gasteiger charge is -2.30. The lowest BCUT2D eigenvalue weighted by atomic mass is 10.0. The molecular formula is C14H22N2O. The SMILES string of the molecule is CCN(CC)C(C(=O)N(C)C)c1ccccc1. The summed E-state index contributed by atoms with van der Waals surface area (Å²) in [4.78, 5) is 16.1. The maximum atomic E-state index is 12.3. The fourth-order valence-corrected chi connectivity index (χ4v) is 1.98. The first-order valence-corrected chi connectivity index (χ1v) is 6.12. The maximum Gasteiger partial charge on any atom is 0.244 e. The van der Waals surface area contributed by atoms with Crippen LogP contribution in [-0.4, -0.2) is 42.9 Å². The first kappa shape index (κ1) is 13.7. The number of amides is 1. The van der Waals surface area contributed by atoms with E-state index < -0.39 is 0 Å². The van der Waals surface area contributed by atoms with E-state index in [1.54, 1.807) is 4.90 Å². The van der Waals surface area contributed by atoms with Crippen LogP contribution < -0.4 is 0 Å². The second-order valence-corrected chi connectivity index (χ2v) is 4.27. The van der Waals surface area contributed by atoms with E-state index in [0.29, 0.717) is 0 Å². The van der Waals surface area contributed by atoms with Crippen LogP contribution >= 0.6 is 0 Å². The third-order valence-electron chi connectivity index (χ3n) is 2.97. The number of hydrogen-bond acceptors (Lipinski definition) is 2. The highest BCUT2D eigenvalue weighted by molar-refractivity contribution is 5.82. The third-order valence-corrected chi connectivity index (χ3v) is 2.97. The predicted molar refractivity (Wildman–Crippen MR) is 70.8 cm³/mol. The Labute approximate surface area is 104 Å². The molecule has 17 heavy (non-hydrogen) atoms. The molecule has 0 bridgehead atoms. The highest BCUT2D eigenvalue weighted by Gasteiger charge is 2.26. The molecule has 0 aliphatic carbocycles. The summed E-state index contributed by atoms with van der Waals surface area (Å²) in [6.07, 6.45) is 0. The van der Waals surface area contributed by atoms with Gasteiger partial charge in [0.2, 0.25) is 5.91 Å². The summed E-state index contributed by atoms with van der Waals surface area (Å²) in [6, 6.07) is 9.81. The van der Waals surface area contributed by atoms with Gasteiger partial charge in [0, 0.05) is 14.1 Å². The number of carbonyl (C=O) groups is 1. The van der Waals surface area contributed by atoms with Gasteiger partial charge in [-0.3, -0.25) is 9.69 Å². The van der Waals surface area contributed by atoms with Crippen LogP contribution in [0.4, 0.5) is 0 Å². The molecule has 0 saturated heterocycles. The normalized spacial score (nSPS) is 12.5. The molecule has 1 rings (SSSR count). The van der Waals surface area contributed by atoms with E-state index in [0.717, 1.165) is 18.7 Å². The molecule has 0 heterocycles. The Hall–Kier alpha value is -1.35. The van der Waals surface area contributed by atoms with Crippen LogP contribution in [0.2, 0.25) is 0 Å². The molecule has 0 aliphatic rings. The van der Waals surface area contributed by atoms with Crippen molar-refractivity contribution in [2.75, 3.05) is 27.2 Å². The van der Waals surface area contributed by atoms with Crippen LogP contribution in [0, 0.1) is 0 Å². The van der Waals surface area contributed by atoms with Crippen molar-refractivity contribution in [3.05, 3.63) is 35.9 Å². The zero-order valence-corrected chi connectivity index (χ0v) is 11.2. The number of hydrogen-bond donors (Lipinski definition) is 0. The lowest BCUT2D eigenvalue weighted by Crippen LogP contribution is -2.40. The van der Waals surface area contributed by atoms with E-state index in [9.17, 15) is 4.79 Å². The summed E-state index contributed by atoms with van der Waals surface area (Å²) in [7, 11) is 3.61. The van der Waals surface area contributed by atoms with Gasteiger partial charge in [-0.25, -0.2) is 0 Å². The minimum absolute atomic E-state index is 0.139. The minimum atomic E-state index is -0.166. The van der Waals surface area contributed by atoms with Gasteiger partial charge >= 0.3 is 0 Å².